The Morgan fingerprint density at radius 3 is 2.26 bits per heavy atom. The van der Waals surface area contributed by atoms with E-state index in [2.05, 4.69) is 0 Å². The minimum atomic E-state index is -4.39. The number of likely N-dealkylation sites (N-methyl/N-ethyl adjacent to an activating group) is 1. The number of alkyl halides is 3. The van der Waals surface area contributed by atoms with Crippen molar-refractivity contribution >= 4 is 0 Å². The van der Waals surface area contributed by atoms with Gasteiger partial charge < -0.3 is 14.9 Å². The Hall–Kier alpha value is -0.370. The molecule has 0 aliphatic carbocycles. The summed E-state index contributed by atoms with van der Waals surface area (Å²) in [5, 5.41) is 18.4. The van der Waals surface area contributed by atoms with Crippen molar-refractivity contribution in [2.45, 2.75) is 38.1 Å². The van der Waals surface area contributed by atoms with Crippen LogP contribution in [0.2, 0.25) is 0 Å². The molecular formula is C12H22F3NO3. The first kappa shape index (κ1) is 16.7. The van der Waals surface area contributed by atoms with Crippen molar-refractivity contribution in [1.29, 1.82) is 0 Å². The predicted molar refractivity (Wildman–Crippen MR) is 63.7 cm³/mol. The SMILES string of the molecule is CN(CC(C)(CO)CO)C(C1CCCO1)C(F)(F)F. The fraction of sp³-hybridized carbons (Fsp3) is 1.00. The van der Waals surface area contributed by atoms with Gasteiger partial charge in [0.2, 0.25) is 0 Å². The Balaban J connectivity index is 2.80. The highest BCUT2D eigenvalue weighted by Crippen LogP contribution is 2.33. The van der Waals surface area contributed by atoms with Crippen molar-refractivity contribution in [1.82, 2.24) is 4.90 Å². The third kappa shape index (κ3) is 4.30. The first-order valence-electron chi connectivity index (χ1n) is 6.34. The molecule has 1 aliphatic rings. The van der Waals surface area contributed by atoms with E-state index in [9.17, 15) is 23.4 Å². The first-order valence-corrected chi connectivity index (χ1v) is 6.34. The molecule has 1 heterocycles. The molecule has 0 aromatic rings. The van der Waals surface area contributed by atoms with Gasteiger partial charge in [-0.15, -0.1) is 0 Å². The van der Waals surface area contributed by atoms with Crippen LogP contribution in [0.4, 0.5) is 13.2 Å². The van der Waals surface area contributed by atoms with Gasteiger partial charge in [-0.2, -0.15) is 13.2 Å². The van der Waals surface area contributed by atoms with Crippen LogP contribution in [0.3, 0.4) is 0 Å². The average Bonchev–Trinajstić information content (AvgIpc) is 2.80. The molecule has 19 heavy (non-hydrogen) atoms. The van der Waals surface area contributed by atoms with Crippen molar-refractivity contribution in [3.05, 3.63) is 0 Å². The number of aliphatic hydroxyl groups excluding tert-OH is 2. The second-order valence-electron chi connectivity index (χ2n) is 5.58. The highest BCUT2D eigenvalue weighted by Gasteiger charge is 2.49. The second kappa shape index (κ2) is 6.39. The first-order chi connectivity index (χ1) is 8.73. The summed E-state index contributed by atoms with van der Waals surface area (Å²) >= 11 is 0. The molecule has 0 spiro atoms. The molecule has 1 saturated heterocycles. The van der Waals surface area contributed by atoms with Crippen molar-refractivity contribution in [3.63, 3.8) is 0 Å². The molecule has 0 amide bonds. The molecule has 0 saturated carbocycles. The van der Waals surface area contributed by atoms with Crippen LogP contribution in [0.25, 0.3) is 0 Å². The van der Waals surface area contributed by atoms with Gasteiger partial charge in [0.05, 0.1) is 19.3 Å². The summed E-state index contributed by atoms with van der Waals surface area (Å²) in [5.41, 5.74) is -0.961. The van der Waals surface area contributed by atoms with E-state index in [0.29, 0.717) is 19.4 Å². The van der Waals surface area contributed by atoms with Gasteiger partial charge in [0.15, 0.2) is 0 Å². The van der Waals surface area contributed by atoms with Crippen LogP contribution in [0.1, 0.15) is 19.8 Å². The minimum absolute atomic E-state index is 0.0516. The third-order valence-electron chi connectivity index (χ3n) is 3.52. The molecule has 0 bridgehead atoms. The normalized spacial score (nSPS) is 23.1. The van der Waals surface area contributed by atoms with Crippen LogP contribution in [0.15, 0.2) is 0 Å². The lowest BCUT2D eigenvalue weighted by molar-refractivity contribution is -0.210. The quantitative estimate of drug-likeness (QED) is 0.765. The molecule has 114 valence electrons. The van der Waals surface area contributed by atoms with Crippen molar-refractivity contribution < 1.29 is 28.1 Å². The third-order valence-corrected chi connectivity index (χ3v) is 3.52. The molecule has 4 nitrogen and oxygen atoms in total. The van der Waals surface area contributed by atoms with Gasteiger partial charge in [-0.25, -0.2) is 0 Å². The number of aliphatic hydroxyl groups is 2. The van der Waals surface area contributed by atoms with Gasteiger partial charge >= 0.3 is 6.18 Å². The summed E-state index contributed by atoms with van der Waals surface area (Å²) in [6, 6.07) is -1.70. The number of hydrogen-bond donors (Lipinski definition) is 2. The number of rotatable bonds is 6. The summed E-state index contributed by atoms with van der Waals surface area (Å²) in [4.78, 5) is 1.13. The van der Waals surface area contributed by atoms with Gasteiger partial charge in [-0.05, 0) is 19.9 Å². The van der Waals surface area contributed by atoms with E-state index in [1.807, 2.05) is 0 Å². The van der Waals surface area contributed by atoms with Gasteiger partial charge in [0, 0.05) is 18.6 Å². The molecule has 2 N–H and O–H groups in total. The summed E-state index contributed by atoms with van der Waals surface area (Å²) < 4.78 is 44.6. The molecule has 1 aliphatic heterocycles. The Kier molecular flexibility index (Phi) is 5.61. The van der Waals surface area contributed by atoms with Gasteiger partial charge in [0.1, 0.15) is 6.04 Å². The van der Waals surface area contributed by atoms with Crippen LogP contribution >= 0.6 is 0 Å². The highest BCUT2D eigenvalue weighted by atomic mass is 19.4. The lowest BCUT2D eigenvalue weighted by atomic mass is 9.91. The summed E-state index contributed by atoms with van der Waals surface area (Å²) in [6.07, 6.45) is -4.26. The van der Waals surface area contributed by atoms with E-state index >= 15 is 0 Å². The maximum absolute atomic E-state index is 13.2. The van der Waals surface area contributed by atoms with Crippen LogP contribution in [-0.2, 0) is 4.74 Å². The smallest absolute Gasteiger partial charge is 0.396 e. The number of hydrogen-bond acceptors (Lipinski definition) is 4. The zero-order valence-corrected chi connectivity index (χ0v) is 11.3. The molecule has 0 radical (unpaired) electrons. The maximum Gasteiger partial charge on any atom is 0.406 e. The topological polar surface area (TPSA) is 52.9 Å². The van der Waals surface area contributed by atoms with E-state index in [4.69, 9.17) is 4.74 Å². The predicted octanol–water partition coefficient (Wildman–Crippen LogP) is 1.02. The summed E-state index contributed by atoms with van der Waals surface area (Å²) in [5.74, 6) is 0. The monoisotopic (exact) mass is 285 g/mol. The molecule has 0 aromatic heterocycles. The zero-order chi connectivity index (χ0) is 14.7. The van der Waals surface area contributed by atoms with Crippen LogP contribution in [-0.4, -0.2) is 66.8 Å². The van der Waals surface area contributed by atoms with Crippen molar-refractivity contribution in [2.75, 3.05) is 33.4 Å². The van der Waals surface area contributed by atoms with Gasteiger partial charge in [0.25, 0.3) is 0 Å². The van der Waals surface area contributed by atoms with Crippen LogP contribution in [0, 0.1) is 5.41 Å². The van der Waals surface area contributed by atoms with E-state index in [1.165, 1.54) is 7.05 Å². The Bertz CT molecular complexity index is 276. The lowest BCUT2D eigenvalue weighted by Gasteiger charge is -2.38. The molecular weight excluding hydrogens is 263 g/mol. The maximum atomic E-state index is 13.2. The number of ether oxygens (including phenoxy) is 1. The Labute approximate surface area is 111 Å². The fourth-order valence-corrected chi connectivity index (χ4v) is 2.45. The molecule has 0 aromatic carbocycles. The second-order valence-corrected chi connectivity index (χ2v) is 5.58. The van der Waals surface area contributed by atoms with E-state index < -0.39 is 23.7 Å². The van der Waals surface area contributed by atoms with Crippen molar-refractivity contribution in [2.24, 2.45) is 5.41 Å². The van der Waals surface area contributed by atoms with E-state index in [-0.39, 0.29) is 19.8 Å². The standard InChI is InChI=1S/C12H22F3NO3/c1-11(7-17,8-18)6-16(2)10(12(13,14)15)9-4-3-5-19-9/h9-10,17-18H,3-8H2,1-2H3. The Morgan fingerprint density at radius 1 is 1.32 bits per heavy atom. The lowest BCUT2D eigenvalue weighted by Crippen LogP contribution is -2.54. The zero-order valence-electron chi connectivity index (χ0n) is 11.3. The molecule has 2 unspecified atom stereocenters. The molecule has 1 fully saturated rings. The van der Waals surface area contributed by atoms with Crippen LogP contribution < -0.4 is 0 Å². The highest BCUT2D eigenvalue weighted by molar-refractivity contribution is 4.90. The number of nitrogens with zero attached hydrogens (tertiary/aromatic N) is 1. The fourth-order valence-electron chi connectivity index (χ4n) is 2.45. The van der Waals surface area contributed by atoms with Crippen LogP contribution in [0.5, 0.6) is 0 Å². The average molecular weight is 285 g/mol. The Morgan fingerprint density at radius 2 is 1.89 bits per heavy atom. The summed E-state index contributed by atoms with van der Waals surface area (Å²) in [6.45, 7) is 1.10. The molecule has 1 rings (SSSR count). The van der Waals surface area contributed by atoms with Crippen molar-refractivity contribution in [3.8, 4) is 0 Å². The largest absolute Gasteiger partial charge is 0.406 e. The molecule has 7 heteroatoms. The summed E-state index contributed by atoms with van der Waals surface area (Å²) in [7, 11) is 1.35. The van der Waals surface area contributed by atoms with Gasteiger partial charge in [-0.3, -0.25) is 4.90 Å². The van der Waals surface area contributed by atoms with E-state index in [0.717, 1.165) is 4.90 Å². The minimum Gasteiger partial charge on any atom is -0.396 e. The van der Waals surface area contributed by atoms with E-state index in [1.54, 1.807) is 6.92 Å². The molecule has 2 atom stereocenters. The number of halogens is 3. The van der Waals surface area contributed by atoms with Gasteiger partial charge in [-0.1, -0.05) is 6.92 Å².